The predicted molar refractivity (Wildman–Crippen MR) is 103 cm³/mol. The normalized spacial score (nSPS) is 11.2. The Morgan fingerprint density at radius 2 is 1.96 bits per heavy atom. The quantitative estimate of drug-likeness (QED) is 0.381. The van der Waals surface area contributed by atoms with E-state index in [9.17, 15) is 4.79 Å². The highest BCUT2D eigenvalue weighted by Gasteiger charge is 2.07. The molecular weight excluding hydrogens is 385 g/mol. The van der Waals surface area contributed by atoms with Gasteiger partial charge in [0.2, 0.25) is 0 Å². The largest absolute Gasteiger partial charge is 0.272 e. The molecule has 0 fully saturated rings. The van der Waals surface area contributed by atoms with Crippen molar-refractivity contribution in [2.24, 2.45) is 5.10 Å². The van der Waals surface area contributed by atoms with Gasteiger partial charge in [-0.05, 0) is 24.3 Å². The number of aromatic nitrogens is 1. The van der Waals surface area contributed by atoms with Gasteiger partial charge < -0.3 is 0 Å². The highest BCUT2D eigenvalue weighted by Crippen LogP contribution is 2.29. The van der Waals surface area contributed by atoms with E-state index in [4.69, 9.17) is 23.2 Å². The summed E-state index contributed by atoms with van der Waals surface area (Å²) in [6.45, 7) is 0. The summed E-state index contributed by atoms with van der Waals surface area (Å²) in [5.74, 6) is 0.00614. The molecule has 4 nitrogen and oxygen atoms in total. The fourth-order valence-corrected chi connectivity index (χ4v) is 4.23. The van der Waals surface area contributed by atoms with Crippen LogP contribution in [0.25, 0.3) is 10.2 Å². The fraction of sp³-hybridized carbons (Fsp3) is 0.0625. The minimum atomic E-state index is -0.223. The summed E-state index contributed by atoms with van der Waals surface area (Å²) >= 11 is 15.0. The summed E-state index contributed by atoms with van der Waals surface area (Å²) in [5, 5.41) is 4.85. The monoisotopic (exact) mass is 395 g/mol. The summed E-state index contributed by atoms with van der Waals surface area (Å²) in [6, 6.07) is 13.0. The van der Waals surface area contributed by atoms with E-state index in [0.717, 1.165) is 14.6 Å². The van der Waals surface area contributed by atoms with E-state index >= 15 is 0 Å². The van der Waals surface area contributed by atoms with E-state index in [2.05, 4.69) is 15.5 Å². The first-order valence-corrected chi connectivity index (χ1v) is 9.43. The molecule has 0 bridgehead atoms. The third kappa shape index (κ3) is 4.27. The van der Waals surface area contributed by atoms with E-state index in [1.807, 2.05) is 24.3 Å². The number of benzene rings is 2. The van der Waals surface area contributed by atoms with Crippen LogP contribution in [0, 0.1) is 0 Å². The Morgan fingerprint density at radius 3 is 2.71 bits per heavy atom. The van der Waals surface area contributed by atoms with Crippen molar-refractivity contribution in [3.63, 3.8) is 0 Å². The van der Waals surface area contributed by atoms with Crippen molar-refractivity contribution in [2.45, 2.75) is 4.34 Å². The summed E-state index contributed by atoms with van der Waals surface area (Å²) < 4.78 is 1.95. The minimum absolute atomic E-state index is 0.223. The molecule has 0 aliphatic rings. The van der Waals surface area contributed by atoms with Gasteiger partial charge in [0.05, 0.1) is 32.2 Å². The van der Waals surface area contributed by atoms with Crippen LogP contribution in [-0.4, -0.2) is 22.9 Å². The third-order valence-electron chi connectivity index (χ3n) is 2.98. The molecule has 0 unspecified atom stereocenters. The highest BCUT2D eigenvalue weighted by molar-refractivity contribution is 8.01. The molecule has 0 saturated heterocycles. The second-order valence-electron chi connectivity index (χ2n) is 4.66. The number of carbonyl (C=O) groups is 1. The second-order valence-corrected chi connectivity index (χ2v) is 7.73. The van der Waals surface area contributed by atoms with Crippen LogP contribution in [0.5, 0.6) is 0 Å². The number of thioether (sulfide) groups is 1. The maximum Gasteiger partial charge on any atom is 0.250 e. The number of rotatable bonds is 5. The maximum absolute atomic E-state index is 11.9. The lowest BCUT2D eigenvalue weighted by Crippen LogP contribution is -2.19. The second kappa shape index (κ2) is 7.98. The first kappa shape index (κ1) is 17.2. The molecule has 0 saturated carbocycles. The minimum Gasteiger partial charge on any atom is -0.272 e. The molecule has 1 amide bonds. The zero-order valence-electron chi connectivity index (χ0n) is 12.2. The van der Waals surface area contributed by atoms with Crippen LogP contribution in [0.2, 0.25) is 10.0 Å². The number of hydrazone groups is 1. The average molecular weight is 396 g/mol. The molecule has 1 aromatic heterocycles. The van der Waals surface area contributed by atoms with Crippen LogP contribution < -0.4 is 5.43 Å². The van der Waals surface area contributed by atoms with Crippen molar-refractivity contribution in [1.82, 2.24) is 10.4 Å². The Morgan fingerprint density at radius 1 is 1.21 bits per heavy atom. The fourth-order valence-electron chi connectivity index (χ4n) is 1.88. The number of hydrogen-bond donors (Lipinski definition) is 1. The Bertz CT molecular complexity index is 858. The van der Waals surface area contributed by atoms with Gasteiger partial charge in [0.25, 0.3) is 5.91 Å². The van der Waals surface area contributed by atoms with E-state index < -0.39 is 0 Å². The molecule has 3 rings (SSSR count). The smallest absolute Gasteiger partial charge is 0.250 e. The van der Waals surface area contributed by atoms with Gasteiger partial charge in [0.1, 0.15) is 0 Å². The summed E-state index contributed by atoms with van der Waals surface area (Å²) in [7, 11) is 0. The zero-order valence-corrected chi connectivity index (χ0v) is 15.3. The Hall–Kier alpha value is -1.60. The van der Waals surface area contributed by atoms with Gasteiger partial charge in [-0.1, -0.05) is 53.2 Å². The molecule has 0 spiro atoms. The van der Waals surface area contributed by atoms with Gasteiger partial charge in [-0.15, -0.1) is 11.3 Å². The van der Waals surface area contributed by atoms with Crippen LogP contribution in [-0.2, 0) is 4.79 Å². The number of thiazole rings is 1. The van der Waals surface area contributed by atoms with Crippen LogP contribution in [0.15, 0.2) is 51.9 Å². The van der Waals surface area contributed by atoms with Gasteiger partial charge in [0.15, 0.2) is 4.34 Å². The predicted octanol–water partition coefficient (Wildman–Crippen LogP) is 4.85. The molecule has 1 N–H and O–H groups in total. The number of halogens is 2. The molecule has 0 aliphatic heterocycles. The van der Waals surface area contributed by atoms with E-state index in [1.165, 1.54) is 18.0 Å². The van der Waals surface area contributed by atoms with Crippen molar-refractivity contribution < 1.29 is 4.79 Å². The molecule has 24 heavy (non-hydrogen) atoms. The van der Waals surface area contributed by atoms with Gasteiger partial charge in [-0.3, -0.25) is 4.79 Å². The van der Waals surface area contributed by atoms with Crippen LogP contribution in [0.4, 0.5) is 0 Å². The Kier molecular flexibility index (Phi) is 5.73. The molecule has 1 heterocycles. The Labute approximate surface area is 156 Å². The van der Waals surface area contributed by atoms with Crippen LogP contribution in [0.1, 0.15) is 5.56 Å². The molecular formula is C16H11Cl2N3OS2. The van der Waals surface area contributed by atoms with E-state index in [0.29, 0.717) is 15.6 Å². The Balaban J connectivity index is 1.55. The number of hydrogen-bond acceptors (Lipinski definition) is 5. The van der Waals surface area contributed by atoms with Gasteiger partial charge in [-0.25, -0.2) is 10.4 Å². The van der Waals surface area contributed by atoms with Crippen molar-refractivity contribution in [3.05, 3.63) is 58.1 Å². The molecule has 3 aromatic rings. The highest BCUT2D eigenvalue weighted by atomic mass is 35.5. The third-order valence-corrected chi connectivity index (χ3v) is 5.82. The topological polar surface area (TPSA) is 54.4 Å². The molecule has 0 aliphatic carbocycles. The van der Waals surface area contributed by atoms with Crippen LogP contribution >= 0.6 is 46.3 Å². The van der Waals surface area contributed by atoms with Gasteiger partial charge in [0, 0.05) is 5.56 Å². The van der Waals surface area contributed by atoms with Crippen molar-refractivity contribution >= 4 is 68.6 Å². The first-order chi connectivity index (χ1) is 11.6. The number of para-hydroxylation sites is 1. The first-order valence-electron chi connectivity index (χ1n) is 6.88. The summed E-state index contributed by atoms with van der Waals surface area (Å²) in [4.78, 5) is 16.3. The number of amides is 1. The molecule has 8 heteroatoms. The molecule has 2 aromatic carbocycles. The summed E-state index contributed by atoms with van der Waals surface area (Å²) in [5.41, 5.74) is 3.97. The number of carbonyl (C=O) groups excluding carboxylic acids is 1. The number of fused-ring (bicyclic) bond motifs is 1. The van der Waals surface area contributed by atoms with Gasteiger partial charge in [-0.2, -0.15) is 5.10 Å². The van der Waals surface area contributed by atoms with Crippen molar-refractivity contribution in [1.29, 1.82) is 0 Å². The van der Waals surface area contributed by atoms with Gasteiger partial charge >= 0.3 is 0 Å². The maximum atomic E-state index is 11.9. The van der Waals surface area contributed by atoms with Crippen molar-refractivity contribution in [2.75, 3.05) is 5.75 Å². The number of nitrogens with zero attached hydrogens (tertiary/aromatic N) is 2. The number of nitrogens with one attached hydrogen (secondary N) is 1. The zero-order chi connectivity index (χ0) is 16.9. The lowest BCUT2D eigenvalue weighted by molar-refractivity contribution is -0.118. The molecule has 0 atom stereocenters. The van der Waals surface area contributed by atoms with E-state index in [-0.39, 0.29) is 11.7 Å². The average Bonchev–Trinajstić information content (AvgIpc) is 2.98. The SMILES string of the molecule is O=C(CSc1nc2ccccc2s1)NN=Cc1c(Cl)cccc1Cl. The summed E-state index contributed by atoms with van der Waals surface area (Å²) in [6.07, 6.45) is 1.44. The lowest BCUT2D eigenvalue weighted by atomic mass is 10.2. The van der Waals surface area contributed by atoms with Crippen molar-refractivity contribution in [3.8, 4) is 0 Å². The van der Waals surface area contributed by atoms with E-state index in [1.54, 1.807) is 29.5 Å². The molecule has 122 valence electrons. The standard InChI is InChI=1S/C16H11Cl2N3OS2/c17-11-4-3-5-12(18)10(11)8-19-21-15(22)9-23-16-20-13-6-1-2-7-14(13)24-16/h1-8H,9H2,(H,21,22). The molecule has 0 radical (unpaired) electrons. The van der Waals surface area contributed by atoms with Crippen LogP contribution in [0.3, 0.4) is 0 Å². The lowest BCUT2D eigenvalue weighted by Gasteiger charge is -2.01.